The van der Waals surface area contributed by atoms with E-state index in [9.17, 15) is 33.6 Å². The molecule has 4 heterocycles. The Hall–Kier alpha value is -1.44. The normalized spacial score (nSPS) is 44.9. The van der Waals surface area contributed by atoms with Gasteiger partial charge in [-0.15, -0.1) is 0 Å². The summed E-state index contributed by atoms with van der Waals surface area (Å²) in [5.74, 6) is -2.70. The second-order valence-electron chi connectivity index (χ2n) is 16.7. The van der Waals surface area contributed by atoms with Crippen molar-refractivity contribution in [2.45, 2.75) is 179 Å². The van der Waals surface area contributed by atoms with Crippen LogP contribution in [0.2, 0.25) is 0 Å². The number of likely N-dealkylation sites (N-methyl/N-ethyl adjacent to an activating group) is 1. The van der Waals surface area contributed by atoms with Gasteiger partial charge in [0, 0.05) is 32.9 Å². The first kappa shape index (κ1) is 44.3. The Bertz CT molecular complexity index is 1440. The number of rotatable bonds is 10. The molecule has 0 aromatic heterocycles. The summed E-state index contributed by atoms with van der Waals surface area (Å²) in [5.41, 5.74) is -3.28. The predicted octanol–water partition coefficient (Wildman–Crippen LogP) is 2.22. The molecule has 0 aliphatic carbocycles. The molecule has 0 spiro atoms. The summed E-state index contributed by atoms with van der Waals surface area (Å²) < 4.78 is 70.8. The highest BCUT2D eigenvalue weighted by atomic mass is 32.2. The van der Waals surface area contributed by atoms with Gasteiger partial charge in [-0.2, -0.15) is 4.31 Å². The molecule has 0 aromatic carbocycles. The molecule has 0 amide bonds. The van der Waals surface area contributed by atoms with Gasteiger partial charge in [-0.1, -0.05) is 20.8 Å². The fraction of sp³-hybridized carbons (Fsp3) is 0.919. The van der Waals surface area contributed by atoms with Crippen LogP contribution in [0.25, 0.3) is 0 Å². The van der Waals surface area contributed by atoms with Gasteiger partial charge in [0.25, 0.3) is 0 Å². The molecule has 0 saturated carbocycles. The van der Waals surface area contributed by atoms with Crippen LogP contribution in [0.15, 0.2) is 11.3 Å². The van der Waals surface area contributed by atoms with Crippen LogP contribution in [0.3, 0.4) is 0 Å². The standard InChI is InChI=1S/C37H65NO14S/c1-14-25(39)37(10,43)32-20(4)28-18(2)16-36(9,52-28)31(51-34-27(40)24(15-19(3)47-34)38(11)53(13,44)45)21(5)29(22(6)33(42)50-32)49-26-17-35(8,46-12)30(41)23(7)48-26/h19-27,29-32,34,39-41,43H,14-17H2,1-13H3/t19?,20-,21-,22+,23?,24?,25+,26-,27?,29-,30-,31+,32+,34-,35?,36?,37+/m0/s1. The maximum absolute atomic E-state index is 14.3. The van der Waals surface area contributed by atoms with E-state index in [4.69, 9.17) is 33.2 Å². The topological polar surface area (TPSA) is 200 Å². The van der Waals surface area contributed by atoms with Gasteiger partial charge >= 0.3 is 5.97 Å². The molecule has 4 aliphatic rings. The molecule has 4 rings (SSSR count). The Balaban J connectivity index is 1.84. The molecule has 16 heteroatoms. The van der Waals surface area contributed by atoms with Crippen LogP contribution in [0.5, 0.6) is 0 Å². The minimum absolute atomic E-state index is 0.114. The van der Waals surface area contributed by atoms with Crippen molar-refractivity contribution in [3.05, 3.63) is 11.3 Å². The molecule has 17 atom stereocenters. The summed E-state index contributed by atoms with van der Waals surface area (Å²) in [6.45, 7) is 17.3. The van der Waals surface area contributed by atoms with Crippen LogP contribution in [0.1, 0.15) is 94.9 Å². The zero-order chi connectivity index (χ0) is 40.2. The average Bonchev–Trinajstić information content (AvgIpc) is 3.39. The van der Waals surface area contributed by atoms with Gasteiger partial charge < -0.3 is 53.6 Å². The average molecular weight is 780 g/mol. The Morgan fingerprint density at radius 3 is 2.26 bits per heavy atom. The molecular weight excluding hydrogens is 714 g/mol. The summed E-state index contributed by atoms with van der Waals surface area (Å²) in [6, 6.07) is -0.853. The number of hydrogen-bond donors (Lipinski definition) is 4. The molecule has 15 nitrogen and oxygen atoms in total. The van der Waals surface area contributed by atoms with Crippen molar-refractivity contribution in [1.29, 1.82) is 0 Å². The zero-order valence-electron chi connectivity index (χ0n) is 33.6. The van der Waals surface area contributed by atoms with E-state index in [-0.39, 0.29) is 19.3 Å². The molecule has 0 aromatic rings. The smallest absolute Gasteiger partial charge is 0.311 e. The van der Waals surface area contributed by atoms with Crippen molar-refractivity contribution >= 4 is 16.0 Å². The van der Waals surface area contributed by atoms with Gasteiger partial charge in [-0.05, 0) is 66.9 Å². The highest BCUT2D eigenvalue weighted by Crippen LogP contribution is 2.48. The van der Waals surface area contributed by atoms with Crippen molar-refractivity contribution in [2.24, 2.45) is 17.8 Å². The largest absolute Gasteiger partial charge is 0.488 e. The van der Waals surface area contributed by atoms with Crippen molar-refractivity contribution in [2.75, 3.05) is 20.4 Å². The summed E-state index contributed by atoms with van der Waals surface area (Å²) in [6.07, 6.45) is -8.32. The lowest BCUT2D eigenvalue weighted by Gasteiger charge is -2.48. The van der Waals surface area contributed by atoms with Crippen LogP contribution in [0, 0.1) is 17.8 Å². The number of fused-ring (bicyclic) bond motifs is 2. The summed E-state index contributed by atoms with van der Waals surface area (Å²) in [7, 11) is -0.790. The van der Waals surface area contributed by atoms with Gasteiger partial charge in [0.2, 0.25) is 10.0 Å². The minimum atomic E-state index is -3.69. The zero-order valence-corrected chi connectivity index (χ0v) is 34.5. The monoisotopic (exact) mass is 779 g/mol. The molecule has 0 radical (unpaired) electrons. The van der Waals surface area contributed by atoms with Gasteiger partial charge in [0.05, 0.1) is 54.2 Å². The molecule has 4 aliphatic heterocycles. The number of aliphatic hydroxyl groups is 4. The first-order valence-corrected chi connectivity index (χ1v) is 20.6. The lowest BCUT2D eigenvalue weighted by molar-refractivity contribution is -0.315. The number of methoxy groups -OCH3 is 1. The van der Waals surface area contributed by atoms with Crippen LogP contribution in [-0.2, 0) is 48.0 Å². The van der Waals surface area contributed by atoms with Gasteiger partial charge in [-0.25, -0.2) is 8.42 Å². The van der Waals surface area contributed by atoms with Crippen LogP contribution < -0.4 is 0 Å². The molecule has 308 valence electrons. The number of carbonyl (C=O) groups is 1. The highest BCUT2D eigenvalue weighted by molar-refractivity contribution is 7.88. The van der Waals surface area contributed by atoms with Crippen molar-refractivity contribution in [3.8, 4) is 0 Å². The van der Waals surface area contributed by atoms with Crippen molar-refractivity contribution in [1.82, 2.24) is 4.31 Å². The molecule has 53 heavy (non-hydrogen) atoms. The van der Waals surface area contributed by atoms with E-state index in [1.54, 1.807) is 41.5 Å². The van der Waals surface area contributed by atoms with E-state index in [0.29, 0.717) is 12.2 Å². The first-order valence-electron chi connectivity index (χ1n) is 18.8. The van der Waals surface area contributed by atoms with E-state index in [0.717, 1.165) is 16.1 Å². The van der Waals surface area contributed by atoms with Crippen molar-refractivity contribution in [3.63, 3.8) is 0 Å². The Morgan fingerprint density at radius 1 is 1.08 bits per heavy atom. The third-order valence-corrected chi connectivity index (χ3v) is 13.6. The number of esters is 1. The molecule has 6 unspecified atom stereocenters. The van der Waals surface area contributed by atoms with Crippen molar-refractivity contribution < 1.29 is 66.8 Å². The molecule has 3 saturated heterocycles. The number of cyclic esters (lactones) is 1. The third kappa shape index (κ3) is 8.78. The van der Waals surface area contributed by atoms with E-state index >= 15 is 0 Å². The SMILES string of the molecule is CC[C@@H](O)[C@@](C)(O)[C@@H]1OC(=O)[C@H](C)[C@@H](O[C@H]2CC(C)(OC)[C@@H](O)C(C)O2)[C@H](C)[C@@H](O[C@@H]2OC(C)CC(N(C)S(C)(=O)=O)C2O)C2(C)CC(C)=C(O2)[C@@H]1C. The molecular formula is C37H65NO14S. The predicted molar refractivity (Wildman–Crippen MR) is 193 cm³/mol. The molecule has 3 fully saturated rings. The number of ether oxygens (including phenoxy) is 7. The van der Waals surface area contributed by atoms with Crippen LogP contribution in [0.4, 0.5) is 0 Å². The lowest BCUT2D eigenvalue weighted by atomic mass is 9.78. The quantitative estimate of drug-likeness (QED) is 0.235. The van der Waals surface area contributed by atoms with E-state index < -0.39 is 118 Å². The highest BCUT2D eigenvalue weighted by Gasteiger charge is 2.57. The Morgan fingerprint density at radius 2 is 1.70 bits per heavy atom. The van der Waals surface area contributed by atoms with Crippen LogP contribution in [-0.4, -0.2) is 144 Å². The Kier molecular flexibility index (Phi) is 13.5. The maximum Gasteiger partial charge on any atom is 0.311 e. The van der Waals surface area contributed by atoms with E-state index in [1.807, 2.05) is 20.8 Å². The summed E-state index contributed by atoms with van der Waals surface area (Å²) in [5, 5.41) is 45.3. The van der Waals surface area contributed by atoms with Gasteiger partial charge in [0.15, 0.2) is 12.6 Å². The second-order valence-corrected chi connectivity index (χ2v) is 18.7. The third-order valence-electron chi connectivity index (χ3n) is 12.3. The fourth-order valence-corrected chi connectivity index (χ4v) is 9.52. The summed E-state index contributed by atoms with van der Waals surface area (Å²) in [4.78, 5) is 14.3. The number of hydrogen-bond acceptors (Lipinski definition) is 14. The lowest BCUT2D eigenvalue weighted by Crippen LogP contribution is -2.60. The Labute approximate surface area is 315 Å². The number of nitrogens with zero attached hydrogens (tertiary/aromatic N) is 1. The van der Waals surface area contributed by atoms with Gasteiger partial charge in [0.1, 0.15) is 41.4 Å². The van der Waals surface area contributed by atoms with Crippen LogP contribution >= 0.6 is 0 Å². The van der Waals surface area contributed by atoms with E-state index in [2.05, 4.69) is 0 Å². The number of carbonyl (C=O) groups excluding carboxylic acids is 1. The minimum Gasteiger partial charge on any atom is -0.488 e. The number of sulfonamides is 1. The fourth-order valence-electron chi connectivity index (χ4n) is 8.82. The number of aliphatic hydroxyl groups excluding tert-OH is 3. The first-order chi connectivity index (χ1) is 24.3. The molecule has 4 N–H and O–H groups in total. The second kappa shape index (κ2) is 16.2. The van der Waals surface area contributed by atoms with E-state index in [1.165, 1.54) is 21.1 Å². The van der Waals surface area contributed by atoms with Gasteiger partial charge in [-0.3, -0.25) is 4.79 Å². The summed E-state index contributed by atoms with van der Waals surface area (Å²) >= 11 is 0. The maximum atomic E-state index is 14.3. The molecule has 2 bridgehead atoms.